The van der Waals surface area contributed by atoms with Crippen LogP contribution in [0.4, 0.5) is 0 Å². The van der Waals surface area contributed by atoms with Gasteiger partial charge in [-0.2, -0.15) is 0 Å². The van der Waals surface area contributed by atoms with Gasteiger partial charge in [-0.1, -0.05) is 6.92 Å². The van der Waals surface area contributed by atoms with Crippen molar-refractivity contribution in [3.63, 3.8) is 0 Å². The van der Waals surface area contributed by atoms with Gasteiger partial charge in [-0.05, 0) is 13.3 Å². The fraction of sp³-hybridized carbons (Fsp3) is 0.500. The maximum absolute atomic E-state index is 12.0. The summed E-state index contributed by atoms with van der Waals surface area (Å²) in [5, 5.41) is 11.3. The zero-order valence-corrected chi connectivity index (χ0v) is 11.5. The number of carboxylic acid groups (broad SMARTS) is 1. The highest BCUT2D eigenvalue weighted by molar-refractivity contribution is 6.03. The zero-order valence-electron chi connectivity index (χ0n) is 11.5. The maximum atomic E-state index is 12.0. The maximum Gasteiger partial charge on any atom is 0.308 e. The van der Waals surface area contributed by atoms with Crippen molar-refractivity contribution in [3.05, 3.63) is 22.6 Å². The van der Waals surface area contributed by atoms with Crippen molar-refractivity contribution in [1.29, 1.82) is 0 Å². The first kappa shape index (κ1) is 14.3. The van der Waals surface area contributed by atoms with E-state index in [1.165, 1.54) is 6.92 Å². The summed E-state index contributed by atoms with van der Waals surface area (Å²) >= 11 is 0. The molecular weight excluding hydrogens is 262 g/mol. The summed E-state index contributed by atoms with van der Waals surface area (Å²) in [4.78, 5) is 34.5. The number of fused-ring (bicyclic) bond motifs is 1. The van der Waals surface area contributed by atoms with E-state index < -0.39 is 17.8 Å². The van der Waals surface area contributed by atoms with E-state index in [0.717, 1.165) is 6.42 Å². The summed E-state index contributed by atoms with van der Waals surface area (Å²) in [7, 11) is 0. The number of aliphatic carboxylic acids is 1. The van der Waals surface area contributed by atoms with Crippen LogP contribution in [0.2, 0.25) is 0 Å². The molecule has 1 aromatic heterocycles. The van der Waals surface area contributed by atoms with E-state index >= 15 is 0 Å². The van der Waals surface area contributed by atoms with Gasteiger partial charge in [0.05, 0.1) is 11.5 Å². The molecular formula is C14H17NO5. The Balaban J connectivity index is 2.15. The lowest BCUT2D eigenvalue weighted by atomic mass is 9.94. The number of aryl methyl sites for hydroxylation is 1. The molecule has 1 atom stereocenters. The van der Waals surface area contributed by atoms with E-state index in [0.29, 0.717) is 29.7 Å². The summed E-state index contributed by atoms with van der Waals surface area (Å²) in [6.45, 7) is 3.21. The van der Waals surface area contributed by atoms with Gasteiger partial charge >= 0.3 is 5.97 Å². The lowest BCUT2D eigenvalue weighted by Gasteiger charge is -2.07. The molecule has 1 unspecified atom stereocenters. The van der Waals surface area contributed by atoms with Crippen LogP contribution in [0.5, 0.6) is 0 Å². The fourth-order valence-electron chi connectivity index (χ4n) is 2.28. The van der Waals surface area contributed by atoms with Gasteiger partial charge in [-0.15, -0.1) is 0 Å². The Labute approximate surface area is 116 Å². The van der Waals surface area contributed by atoms with Crippen molar-refractivity contribution in [3.8, 4) is 0 Å². The summed E-state index contributed by atoms with van der Waals surface area (Å²) < 4.78 is 5.48. The van der Waals surface area contributed by atoms with Crippen LogP contribution >= 0.6 is 0 Å². The molecule has 0 saturated carbocycles. The van der Waals surface area contributed by atoms with Crippen LogP contribution < -0.4 is 5.32 Å². The van der Waals surface area contributed by atoms with Crippen LogP contribution in [-0.2, 0) is 11.2 Å². The number of furan rings is 1. The first-order valence-corrected chi connectivity index (χ1v) is 6.58. The van der Waals surface area contributed by atoms with Crippen molar-refractivity contribution in [2.24, 2.45) is 5.92 Å². The second-order valence-corrected chi connectivity index (χ2v) is 5.08. The summed E-state index contributed by atoms with van der Waals surface area (Å²) in [6.07, 6.45) is 1.86. The Bertz CT molecular complexity index is 572. The van der Waals surface area contributed by atoms with Gasteiger partial charge < -0.3 is 14.8 Å². The van der Waals surface area contributed by atoms with Crippen LogP contribution in [0.15, 0.2) is 4.42 Å². The molecule has 0 saturated heterocycles. The first-order chi connectivity index (χ1) is 9.41. The van der Waals surface area contributed by atoms with Crippen LogP contribution in [0, 0.1) is 12.8 Å². The molecule has 2 N–H and O–H groups in total. The normalized spacial score (nSPS) is 15.6. The van der Waals surface area contributed by atoms with Gasteiger partial charge in [0.2, 0.25) is 0 Å². The molecule has 6 nitrogen and oxygen atoms in total. The molecule has 0 aliphatic heterocycles. The number of carboxylic acids is 1. The molecule has 1 aromatic rings. The standard InChI is InChI=1S/C14H17NO5/c1-7(14(18)19)6-15-13(17)12-8(2)11-9(16)4-3-5-10(11)20-12/h7H,3-6H2,1-2H3,(H,15,17)(H,18,19). The molecule has 6 heteroatoms. The highest BCUT2D eigenvalue weighted by Gasteiger charge is 2.28. The number of ketones is 1. The van der Waals surface area contributed by atoms with E-state index in [-0.39, 0.29) is 18.1 Å². The van der Waals surface area contributed by atoms with Gasteiger partial charge in [-0.25, -0.2) is 0 Å². The first-order valence-electron chi connectivity index (χ1n) is 6.58. The third-order valence-electron chi connectivity index (χ3n) is 3.50. The number of hydrogen-bond donors (Lipinski definition) is 2. The molecule has 1 aliphatic rings. The van der Waals surface area contributed by atoms with E-state index in [9.17, 15) is 14.4 Å². The van der Waals surface area contributed by atoms with Crippen LogP contribution in [0.25, 0.3) is 0 Å². The van der Waals surface area contributed by atoms with Gasteiger partial charge in [0.15, 0.2) is 11.5 Å². The number of nitrogens with one attached hydrogen (secondary N) is 1. The van der Waals surface area contributed by atoms with Gasteiger partial charge in [0, 0.05) is 24.9 Å². The Kier molecular flexibility index (Phi) is 3.92. The SMILES string of the molecule is Cc1c(C(=O)NCC(C)C(=O)O)oc2c1C(=O)CCC2. The molecule has 0 aromatic carbocycles. The van der Waals surface area contributed by atoms with Gasteiger partial charge in [-0.3, -0.25) is 14.4 Å². The molecule has 2 rings (SSSR count). The molecule has 1 heterocycles. The lowest BCUT2D eigenvalue weighted by Crippen LogP contribution is -2.31. The second kappa shape index (κ2) is 5.48. The molecule has 1 aliphatic carbocycles. The molecule has 0 radical (unpaired) electrons. The minimum Gasteiger partial charge on any atom is -0.481 e. The Hall–Kier alpha value is -2.11. The van der Waals surface area contributed by atoms with E-state index in [2.05, 4.69) is 5.32 Å². The lowest BCUT2D eigenvalue weighted by molar-refractivity contribution is -0.140. The van der Waals surface area contributed by atoms with Crippen LogP contribution in [0.3, 0.4) is 0 Å². The molecule has 0 bridgehead atoms. The predicted molar refractivity (Wildman–Crippen MR) is 69.8 cm³/mol. The minimum atomic E-state index is -0.976. The van der Waals surface area contributed by atoms with Crippen molar-refractivity contribution < 1.29 is 23.9 Å². The van der Waals surface area contributed by atoms with Gasteiger partial charge in [0.1, 0.15) is 5.76 Å². The highest BCUT2D eigenvalue weighted by atomic mass is 16.4. The Morgan fingerprint density at radius 1 is 1.40 bits per heavy atom. The number of carbonyl (C=O) groups excluding carboxylic acids is 2. The number of hydrogen-bond acceptors (Lipinski definition) is 4. The van der Waals surface area contributed by atoms with Crippen molar-refractivity contribution in [1.82, 2.24) is 5.32 Å². The van der Waals surface area contributed by atoms with Crippen LogP contribution in [0.1, 0.15) is 52.0 Å². The quantitative estimate of drug-likeness (QED) is 0.871. The summed E-state index contributed by atoms with van der Waals surface area (Å²) in [5.41, 5.74) is 1.07. The molecule has 108 valence electrons. The van der Waals surface area contributed by atoms with Crippen molar-refractivity contribution in [2.75, 3.05) is 6.54 Å². The summed E-state index contributed by atoms with van der Waals surface area (Å²) in [5.74, 6) is -1.44. The highest BCUT2D eigenvalue weighted by Crippen LogP contribution is 2.29. The molecule has 1 amide bonds. The largest absolute Gasteiger partial charge is 0.481 e. The molecule has 0 spiro atoms. The molecule has 0 fully saturated rings. The van der Waals surface area contributed by atoms with Crippen molar-refractivity contribution in [2.45, 2.75) is 33.1 Å². The minimum absolute atomic E-state index is 0.00505. The fourth-order valence-corrected chi connectivity index (χ4v) is 2.28. The predicted octanol–water partition coefficient (Wildman–Crippen LogP) is 1.56. The third-order valence-corrected chi connectivity index (χ3v) is 3.50. The third kappa shape index (κ3) is 2.59. The topological polar surface area (TPSA) is 96.6 Å². The van der Waals surface area contributed by atoms with Gasteiger partial charge in [0.25, 0.3) is 5.91 Å². The van der Waals surface area contributed by atoms with E-state index in [1.54, 1.807) is 6.92 Å². The number of amides is 1. The number of carbonyl (C=O) groups is 3. The number of Topliss-reactive ketones (excluding diaryl/α,β-unsaturated/α-hetero) is 1. The number of rotatable bonds is 4. The zero-order chi connectivity index (χ0) is 14.9. The van der Waals surface area contributed by atoms with Crippen molar-refractivity contribution >= 4 is 17.7 Å². The molecule has 20 heavy (non-hydrogen) atoms. The smallest absolute Gasteiger partial charge is 0.308 e. The monoisotopic (exact) mass is 279 g/mol. The van der Waals surface area contributed by atoms with Crippen LogP contribution in [-0.4, -0.2) is 29.3 Å². The van der Waals surface area contributed by atoms with E-state index in [4.69, 9.17) is 9.52 Å². The second-order valence-electron chi connectivity index (χ2n) is 5.08. The average Bonchev–Trinajstić information content (AvgIpc) is 2.74. The Morgan fingerprint density at radius 2 is 2.10 bits per heavy atom. The van der Waals surface area contributed by atoms with E-state index in [1.807, 2.05) is 0 Å². The Morgan fingerprint density at radius 3 is 2.70 bits per heavy atom. The average molecular weight is 279 g/mol. The summed E-state index contributed by atoms with van der Waals surface area (Å²) in [6, 6.07) is 0.